The van der Waals surface area contributed by atoms with Crippen molar-refractivity contribution in [3.05, 3.63) is 54.4 Å². The predicted octanol–water partition coefficient (Wildman–Crippen LogP) is 1.73. The molecule has 21 heavy (non-hydrogen) atoms. The number of anilines is 1. The molecule has 1 aromatic heterocycles. The Morgan fingerprint density at radius 1 is 1.14 bits per heavy atom. The first kappa shape index (κ1) is 13.5. The molecule has 108 valence electrons. The van der Waals surface area contributed by atoms with Gasteiger partial charge < -0.3 is 10.2 Å². The zero-order valence-corrected chi connectivity index (χ0v) is 11.8. The fraction of sp³-hybridized carbons (Fsp3) is 0.312. The normalized spacial score (nSPS) is 14.6. The van der Waals surface area contributed by atoms with Crippen LogP contribution in [0.1, 0.15) is 12.0 Å². The van der Waals surface area contributed by atoms with E-state index in [9.17, 15) is 4.79 Å². The zero-order chi connectivity index (χ0) is 14.5. The van der Waals surface area contributed by atoms with Crippen molar-refractivity contribution in [3.8, 4) is 0 Å². The Labute approximate surface area is 124 Å². The fourth-order valence-electron chi connectivity index (χ4n) is 2.38. The van der Waals surface area contributed by atoms with Gasteiger partial charge in [0.15, 0.2) is 0 Å². The van der Waals surface area contributed by atoms with E-state index in [1.54, 1.807) is 18.5 Å². The van der Waals surface area contributed by atoms with Crippen molar-refractivity contribution in [1.29, 1.82) is 0 Å². The Hall–Kier alpha value is -2.43. The van der Waals surface area contributed by atoms with E-state index < -0.39 is 0 Å². The van der Waals surface area contributed by atoms with Gasteiger partial charge in [0.05, 0.1) is 6.04 Å². The molecule has 0 aliphatic carbocycles. The maximum Gasteiger partial charge on any atom is 0.223 e. The van der Waals surface area contributed by atoms with Crippen LogP contribution < -0.4 is 5.32 Å². The van der Waals surface area contributed by atoms with E-state index in [0.717, 1.165) is 19.5 Å². The number of aromatic nitrogens is 2. The average molecular weight is 282 g/mol. The minimum atomic E-state index is 0.214. The molecule has 1 aromatic carbocycles. The molecule has 0 atom stereocenters. The third-order valence-electron chi connectivity index (χ3n) is 3.60. The number of carbonyl (C=O) groups is 1. The van der Waals surface area contributed by atoms with Gasteiger partial charge in [-0.3, -0.25) is 4.79 Å². The molecule has 0 unspecified atom stereocenters. The molecule has 1 saturated heterocycles. The van der Waals surface area contributed by atoms with Gasteiger partial charge in [0.1, 0.15) is 0 Å². The Bertz CT molecular complexity index is 582. The molecule has 0 spiro atoms. The SMILES string of the molecule is O=C(CCc1ccccc1)N1CC(Nc2ncccn2)C1. The summed E-state index contributed by atoms with van der Waals surface area (Å²) in [5, 5.41) is 3.22. The predicted molar refractivity (Wildman–Crippen MR) is 80.8 cm³/mol. The van der Waals surface area contributed by atoms with E-state index >= 15 is 0 Å². The van der Waals surface area contributed by atoms with Gasteiger partial charge in [0.2, 0.25) is 11.9 Å². The van der Waals surface area contributed by atoms with E-state index in [4.69, 9.17) is 0 Å². The molecule has 1 aliphatic heterocycles. The first-order valence-electron chi connectivity index (χ1n) is 7.16. The van der Waals surface area contributed by atoms with Crippen LogP contribution in [-0.2, 0) is 11.2 Å². The van der Waals surface area contributed by atoms with E-state index in [2.05, 4.69) is 27.4 Å². The van der Waals surface area contributed by atoms with E-state index in [-0.39, 0.29) is 11.9 Å². The van der Waals surface area contributed by atoms with Crippen molar-refractivity contribution in [3.63, 3.8) is 0 Å². The molecule has 1 aliphatic rings. The molecule has 1 amide bonds. The number of amides is 1. The summed E-state index contributed by atoms with van der Waals surface area (Å²) in [6.45, 7) is 1.46. The lowest BCUT2D eigenvalue weighted by Gasteiger charge is -2.39. The molecule has 1 fully saturated rings. The Morgan fingerprint density at radius 2 is 1.86 bits per heavy atom. The highest BCUT2D eigenvalue weighted by molar-refractivity contribution is 5.77. The van der Waals surface area contributed by atoms with Crippen molar-refractivity contribution in [1.82, 2.24) is 14.9 Å². The number of nitrogens with one attached hydrogen (secondary N) is 1. The minimum Gasteiger partial charge on any atom is -0.348 e. The standard InChI is InChI=1S/C16H18N4O/c21-15(8-7-13-5-2-1-3-6-13)20-11-14(12-20)19-16-17-9-4-10-18-16/h1-6,9-10,14H,7-8,11-12H2,(H,17,18,19). The van der Waals surface area contributed by atoms with Crippen molar-refractivity contribution in [2.45, 2.75) is 18.9 Å². The molecule has 0 saturated carbocycles. The second-order valence-corrected chi connectivity index (χ2v) is 5.20. The van der Waals surface area contributed by atoms with Crippen LogP contribution in [-0.4, -0.2) is 39.9 Å². The second kappa shape index (κ2) is 6.35. The summed E-state index contributed by atoms with van der Waals surface area (Å²) in [4.78, 5) is 22.2. The lowest BCUT2D eigenvalue weighted by atomic mass is 10.1. The highest BCUT2D eigenvalue weighted by Gasteiger charge is 2.30. The van der Waals surface area contributed by atoms with Crippen molar-refractivity contribution in [2.75, 3.05) is 18.4 Å². The molecule has 0 radical (unpaired) electrons. The number of rotatable bonds is 5. The molecule has 0 bridgehead atoms. The van der Waals surface area contributed by atoms with E-state index in [1.807, 2.05) is 23.1 Å². The molecular formula is C16H18N4O. The molecule has 3 rings (SSSR count). The van der Waals surface area contributed by atoms with Crippen LogP contribution in [0, 0.1) is 0 Å². The largest absolute Gasteiger partial charge is 0.348 e. The summed E-state index contributed by atoms with van der Waals surface area (Å²) in [7, 11) is 0. The van der Waals surface area contributed by atoms with Gasteiger partial charge in [-0.2, -0.15) is 0 Å². The second-order valence-electron chi connectivity index (χ2n) is 5.20. The van der Waals surface area contributed by atoms with Gasteiger partial charge in [-0.05, 0) is 18.1 Å². The van der Waals surface area contributed by atoms with Gasteiger partial charge in [-0.1, -0.05) is 30.3 Å². The number of benzene rings is 1. The smallest absolute Gasteiger partial charge is 0.223 e. The number of hydrogen-bond acceptors (Lipinski definition) is 4. The molecule has 2 aromatic rings. The maximum absolute atomic E-state index is 12.1. The summed E-state index contributed by atoms with van der Waals surface area (Å²) < 4.78 is 0. The highest BCUT2D eigenvalue weighted by Crippen LogP contribution is 2.14. The van der Waals surface area contributed by atoms with Gasteiger partial charge in [0.25, 0.3) is 0 Å². The van der Waals surface area contributed by atoms with Crippen LogP contribution in [0.5, 0.6) is 0 Å². The van der Waals surface area contributed by atoms with Crippen molar-refractivity contribution < 1.29 is 4.79 Å². The van der Waals surface area contributed by atoms with Gasteiger partial charge in [-0.25, -0.2) is 9.97 Å². The first-order valence-corrected chi connectivity index (χ1v) is 7.16. The first-order chi connectivity index (χ1) is 10.3. The van der Waals surface area contributed by atoms with Gasteiger partial charge >= 0.3 is 0 Å². The summed E-state index contributed by atoms with van der Waals surface area (Å²) in [5.41, 5.74) is 1.21. The number of likely N-dealkylation sites (tertiary alicyclic amines) is 1. The van der Waals surface area contributed by atoms with Crippen LogP contribution in [0.15, 0.2) is 48.8 Å². The molecular weight excluding hydrogens is 264 g/mol. The van der Waals surface area contributed by atoms with Crippen molar-refractivity contribution >= 4 is 11.9 Å². The summed E-state index contributed by atoms with van der Waals surface area (Å²) in [6.07, 6.45) is 4.78. The summed E-state index contributed by atoms with van der Waals surface area (Å²) >= 11 is 0. The molecule has 5 heteroatoms. The van der Waals surface area contributed by atoms with Gasteiger partial charge in [0, 0.05) is 31.9 Å². The topological polar surface area (TPSA) is 58.1 Å². The number of carbonyl (C=O) groups excluding carboxylic acids is 1. The Morgan fingerprint density at radius 3 is 2.57 bits per heavy atom. The van der Waals surface area contributed by atoms with Crippen LogP contribution in [0.3, 0.4) is 0 Å². The van der Waals surface area contributed by atoms with Crippen LogP contribution >= 0.6 is 0 Å². The highest BCUT2D eigenvalue weighted by atomic mass is 16.2. The van der Waals surface area contributed by atoms with Gasteiger partial charge in [-0.15, -0.1) is 0 Å². The number of aryl methyl sites for hydroxylation is 1. The zero-order valence-electron chi connectivity index (χ0n) is 11.8. The van der Waals surface area contributed by atoms with E-state index in [1.165, 1.54) is 5.56 Å². The fourth-order valence-corrected chi connectivity index (χ4v) is 2.38. The molecule has 2 heterocycles. The van der Waals surface area contributed by atoms with E-state index in [0.29, 0.717) is 12.4 Å². The van der Waals surface area contributed by atoms with Crippen LogP contribution in [0.2, 0.25) is 0 Å². The van der Waals surface area contributed by atoms with Crippen LogP contribution in [0.4, 0.5) is 5.95 Å². The number of hydrogen-bond donors (Lipinski definition) is 1. The summed E-state index contributed by atoms with van der Waals surface area (Å²) in [5.74, 6) is 0.838. The third-order valence-corrected chi connectivity index (χ3v) is 3.60. The number of nitrogens with zero attached hydrogens (tertiary/aromatic N) is 3. The lowest BCUT2D eigenvalue weighted by Crippen LogP contribution is -2.57. The molecule has 1 N–H and O–H groups in total. The van der Waals surface area contributed by atoms with Crippen LogP contribution in [0.25, 0.3) is 0 Å². The lowest BCUT2D eigenvalue weighted by molar-refractivity contribution is -0.135. The third kappa shape index (κ3) is 3.56. The summed E-state index contributed by atoms with van der Waals surface area (Å²) in [6, 6.07) is 12.1. The van der Waals surface area contributed by atoms with Crippen molar-refractivity contribution in [2.24, 2.45) is 0 Å². The minimum absolute atomic E-state index is 0.214. The monoisotopic (exact) mass is 282 g/mol. The average Bonchev–Trinajstić information content (AvgIpc) is 2.50. The maximum atomic E-state index is 12.1. The molecule has 5 nitrogen and oxygen atoms in total. The quantitative estimate of drug-likeness (QED) is 0.907. The Balaban J connectivity index is 1.40. The Kier molecular flexibility index (Phi) is 4.09.